The van der Waals surface area contributed by atoms with Crippen LogP contribution < -0.4 is 15.5 Å². The Morgan fingerprint density at radius 1 is 0.902 bits per heavy atom. The summed E-state index contributed by atoms with van der Waals surface area (Å²) < 4.78 is 40.9. The molecule has 0 saturated carbocycles. The van der Waals surface area contributed by atoms with Crippen LogP contribution in [-0.4, -0.2) is 34.9 Å². The van der Waals surface area contributed by atoms with Gasteiger partial charge in [-0.2, -0.15) is 13.2 Å². The molecule has 0 bridgehead atoms. The van der Waals surface area contributed by atoms with Gasteiger partial charge in [0, 0.05) is 47.4 Å². The molecule has 1 aliphatic heterocycles. The van der Waals surface area contributed by atoms with E-state index in [1.807, 2.05) is 24.0 Å². The number of anilines is 2. The van der Waals surface area contributed by atoms with Gasteiger partial charge in [0.25, 0.3) is 11.8 Å². The predicted octanol–water partition coefficient (Wildman–Crippen LogP) is 6.25. The quantitative estimate of drug-likeness (QED) is 0.279. The zero-order chi connectivity index (χ0) is 29.0. The summed E-state index contributed by atoms with van der Waals surface area (Å²) in [5.74, 6) is -0.902. The van der Waals surface area contributed by atoms with Gasteiger partial charge < -0.3 is 15.5 Å². The molecule has 41 heavy (non-hydrogen) atoms. The zero-order valence-electron chi connectivity index (χ0n) is 22.3. The third-order valence-corrected chi connectivity index (χ3v) is 6.94. The summed E-state index contributed by atoms with van der Waals surface area (Å²) in [5.41, 5.74) is 3.16. The van der Waals surface area contributed by atoms with Crippen LogP contribution in [0.15, 0.2) is 79.1 Å². The van der Waals surface area contributed by atoms with Gasteiger partial charge in [-0.1, -0.05) is 18.2 Å². The van der Waals surface area contributed by atoms with E-state index in [1.54, 1.807) is 42.6 Å². The number of nitrogens with zero attached hydrogens (tertiary/aromatic N) is 3. The first-order valence-corrected chi connectivity index (χ1v) is 13.2. The molecule has 0 unspecified atom stereocenters. The lowest BCUT2D eigenvalue weighted by Crippen LogP contribution is -2.23. The van der Waals surface area contributed by atoms with Crippen molar-refractivity contribution in [3.63, 3.8) is 0 Å². The molecule has 2 amide bonds. The predicted molar refractivity (Wildman–Crippen MR) is 151 cm³/mol. The van der Waals surface area contributed by atoms with Crippen LogP contribution >= 0.6 is 0 Å². The minimum atomic E-state index is -4.58. The van der Waals surface area contributed by atoms with Gasteiger partial charge in [0.05, 0.1) is 29.7 Å². The second kappa shape index (κ2) is 11.8. The average molecular weight is 560 g/mol. The van der Waals surface area contributed by atoms with E-state index in [1.165, 1.54) is 12.3 Å². The topological polar surface area (TPSA) is 87.2 Å². The molecular formula is C31H28F3N5O2. The number of carbonyl (C=O) groups is 2. The van der Waals surface area contributed by atoms with Crippen LogP contribution in [0, 0.1) is 6.92 Å². The summed E-state index contributed by atoms with van der Waals surface area (Å²) in [7, 11) is 0. The molecule has 0 spiro atoms. The highest BCUT2D eigenvalue weighted by Gasteiger charge is 2.32. The summed E-state index contributed by atoms with van der Waals surface area (Å²) in [6.45, 7) is 3.41. The molecule has 7 nitrogen and oxygen atoms in total. The van der Waals surface area contributed by atoms with Crippen LogP contribution in [-0.2, 0) is 12.7 Å². The first-order valence-electron chi connectivity index (χ1n) is 13.2. The lowest BCUT2D eigenvalue weighted by Gasteiger charge is -2.20. The average Bonchev–Trinajstić information content (AvgIpc) is 3.52. The Morgan fingerprint density at radius 2 is 1.66 bits per heavy atom. The molecule has 10 heteroatoms. The largest absolute Gasteiger partial charge is 0.416 e. The van der Waals surface area contributed by atoms with Gasteiger partial charge in [-0.25, -0.2) is 0 Å². The van der Waals surface area contributed by atoms with Crippen LogP contribution in [0.3, 0.4) is 0 Å². The van der Waals surface area contributed by atoms with Crippen molar-refractivity contribution < 1.29 is 22.8 Å². The Labute approximate surface area is 235 Å². The van der Waals surface area contributed by atoms with Crippen molar-refractivity contribution in [3.8, 4) is 11.1 Å². The monoisotopic (exact) mass is 559 g/mol. The van der Waals surface area contributed by atoms with Crippen molar-refractivity contribution in [2.45, 2.75) is 32.5 Å². The summed E-state index contributed by atoms with van der Waals surface area (Å²) >= 11 is 0. The number of aryl methyl sites for hydroxylation is 1. The molecule has 1 fully saturated rings. The van der Waals surface area contributed by atoms with Crippen LogP contribution in [0.2, 0.25) is 0 Å². The van der Waals surface area contributed by atoms with Crippen LogP contribution in [0.4, 0.5) is 24.5 Å². The van der Waals surface area contributed by atoms with Crippen molar-refractivity contribution in [1.82, 2.24) is 15.3 Å². The lowest BCUT2D eigenvalue weighted by molar-refractivity contribution is -0.137. The Hall–Kier alpha value is -4.73. The number of rotatable bonds is 7. The van der Waals surface area contributed by atoms with Crippen molar-refractivity contribution in [2.75, 3.05) is 23.3 Å². The zero-order valence-corrected chi connectivity index (χ0v) is 22.3. The summed E-state index contributed by atoms with van der Waals surface area (Å²) in [6, 6.07) is 17.6. The molecule has 2 N–H and O–H groups in total. The fourth-order valence-corrected chi connectivity index (χ4v) is 4.74. The third kappa shape index (κ3) is 6.71. The maximum absolute atomic E-state index is 13.6. The molecular weight excluding hydrogens is 531 g/mol. The van der Waals surface area contributed by atoms with Gasteiger partial charge in [-0.3, -0.25) is 19.6 Å². The molecule has 5 rings (SSSR count). The molecule has 0 atom stereocenters. The molecule has 4 aromatic rings. The smallest absolute Gasteiger partial charge is 0.372 e. The number of halogens is 3. The Bertz CT molecular complexity index is 1550. The van der Waals surface area contributed by atoms with Crippen molar-refractivity contribution in [2.24, 2.45) is 0 Å². The molecule has 0 aliphatic carbocycles. The van der Waals surface area contributed by atoms with Gasteiger partial charge in [0.2, 0.25) is 0 Å². The van der Waals surface area contributed by atoms with E-state index in [0.29, 0.717) is 47.8 Å². The highest BCUT2D eigenvalue weighted by molar-refractivity contribution is 6.05. The number of aromatic nitrogens is 2. The lowest BCUT2D eigenvalue weighted by atomic mass is 10.0. The molecule has 2 aromatic carbocycles. The molecule has 3 heterocycles. The standard InChI is InChI=1S/C31H28F3N5O2/c1-20-28(21-7-9-22(10-8-21)29(40)37-18-25-6-2-3-11-35-25)17-26(19-36-20)38-30(41)23-14-24(31(32,33)34)16-27(15-23)39-12-4-5-13-39/h2-3,6-11,14-17,19H,4-5,12-13,18H2,1H3,(H,37,40)(H,38,41). The second-order valence-electron chi connectivity index (χ2n) is 9.85. The van der Waals surface area contributed by atoms with Gasteiger partial charge in [-0.15, -0.1) is 0 Å². The number of pyridine rings is 2. The Morgan fingerprint density at radius 3 is 2.34 bits per heavy atom. The molecule has 210 valence electrons. The molecule has 0 radical (unpaired) electrons. The van der Waals surface area contributed by atoms with E-state index in [-0.39, 0.29) is 11.5 Å². The maximum atomic E-state index is 13.6. The van der Waals surface area contributed by atoms with Crippen LogP contribution in [0.25, 0.3) is 11.1 Å². The van der Waals surface area contributed by atoms with Crippen molar-refractivity contribution in [3.05, 3.63) is 107 Å². The summed E-state index contributed by atoms with van der Waals surface area (Å²) in [5, 5.41) is 5.53. The fourth-order valence-electron chi connectivity index (χ4n) is 4.74. The van der Waals surface area contributed by atoms with E-state index < -0.39 is 17.6 Å². The first-order chi connectivity index (χ1) is 19.7. The minimum Gasteiger partial charge on any atom is -0.372 e. The molecule has 2 aromatic heterocycles. The van der Waals surface area contributed by atoms with Crippen molar-refractivity contribution in [1.29, 1.82) is 0 Å². The Kier molecular flexibility index (Phi) is 8.00. The second-order valence-corrected chi connectivity index (χ2v) is 9.85. The van der Waals surface area contributed by atoms with E-state index >= 15 is 0 Å². The minimum absolute atomic E-state index is 0.0788. The SMILES string of the molecule is Cc1ncc(NC(=O)c2cc(N3CCCC3)cc(C(F)(F)F)c2)cc1-c1ccc(C(=O)NCc2ccccn2)cc1. The van der Waals surface area contributed by atoms with E-state index in [4.69, 9.17) is 0 Å². The highest BCUT2D eigenvalue weighted by Crippen LogP contribution is 2.34. The normalized spacial score (nSPS) is 13.2. The van der Waals surface area contributed by atoms with Gasteiger partial charge in [0.15, 0.2) is 0 Å². The highest BCUT2D eigenvalue weighted by atomic mass is 19.4. The van der Waals surface area contributed by atoms with Crippen molar-refractivity contribution >= 4 is 23.2 Å². The number of amides is 2. The summed E-state index contributed by atoms with van der Waals surface area (Å²) in [6.07, 6.45) is 0.337. The van der Waals surface area contributed by atoms with Gasteiger partial charge in [0.1, 0.15) is 0 Å². The molecule has 1 saturated heterocycles. The number of hydrogen-bond donors (Lipinski definition) is 2. The third-order valence-electron chi connectivity index (χ3n) is 6.94. The van der Waals surface area contributed by atoms with Gasteiger partial charge in [-0.05, 0) is 73.9 Å². The van der Waals surface area contributed by atoms with E-state index in [9.17, 15) is 22.8 Å². The maximum Gasteiger partial charge on any atom is 0.416 e. The number of carbonyl (C=O) groups excluding carboxylic acids is 2. The number of nitrogens with one attached hydrogen (secondary N) is 2. The van der Waals surface area contributed by atoms with Gasteiger partial charge >= 0.3 is 6.18 Å². The number of benzene rings is 2. The van der Waals surface area contributed by atoms with Crippen LogP contribution in [0.1, 0.15) is 50.5 Å². The number of alkyl halides is 3. The Balaban J connectivity index is 1.32. The summed E-state index contributed by atoms with van der Waals surface area (Å²) in [4.78, 5) is 36.1. The van der Waals surface area contributed by atoms with E-state index in [2.05, 4.69) is 20.6 Å². The first kappa shape index (κ1) is 27.8. The molecule has 1 aliphatic rings. The fraction of sp³-hybridized carbons (Fsp3) is 0.226. The van der Waals surface area contributed by atoms with E-state index in [0.717, 1.165) is 36.2 Å². The number of hydrogen-bond acceptors (Lipinski definition) is 5. The van der Waals surface area contributed by atoms with Crippen LogP contribution in [0.5, 0.6) is 0 Å².